The lowest BCUT2D eigenvalue weighted by Gasteiger charge is -2.25. The second-order valence-electron chi connectivity index (χ2n) is 3.93. The number of rotatable bonds is 7. The van der Waals surface area contributed by atoms with Gasteiger partial charge in [-0.25, -0.2) is 4.79 Å². The molecule has 0 atom stereocenters. The number of nitrogens with zero attached hydrogens (tertiary/aromatic N) is 1. The summed E-state index contributed by atoms with van der Waals surface area (Å²) in [5.41, 5.74) is 7.35. The van der Waals surface area contributed by atoms with Crippen LogP contribution in [0.15, 0.2) is 18.2 Å². The highest BCUT2D eigenvalue weighted by atomic mass is 16.5. The van der Waals surface area contributed by atoms with Crippen molar-refractivity contribution in [3.05, 3.63) is 23.8 Å². The van der Waals surface area contributed by atoms with Crippen LogP contribution in [0.5, 0.6) is 0 Å². The third kappa shape index (κ3) is 3.84. The van der Waals surface area contributed by atoms with Gasteiger partial charge in [0.1, 0.15) is 0 Å². The zero-order valence-electron chi connectivity index (χ0n) is 11.3. The Labute approximate surface area is 112 Å². The Morgan fingerprint density at radius 2 is 2.11 bits per heavy atom. The number of benzene rings is 1. The molecule has 1 rings (SSSR count). The van der Waals surface area contributed by atoms with Crippen LogP contribution in [0.1, 0.15) is 10.4 Å². The molecule has 0 amide bonds. The average molecular weight is 268 g/mol. The van der Waals surface area contributed by atoms with Crippen molar-refractivity contribution in [2.45, 2.75) is 0 Å². The van der Waals surface area contributed by atoms with Crippen molar-refractivity contribution in [3.63, 3.8) is 0 Å². The Bertz CT molecular complexity index is 423. The maximum atomic E-state index is 11.6. The molecule has 1 aromatic rings. The van der Waals surface area contributed by atoms with Gasteiger partial charge in [0, 0.05) is 20.2 Å². The molecule has 3 N–H and O–H groups in total. The summed E-state index contributed by atoms with van der Waals surface area (Å²) in [6, 6.07) is 5.14. The molecule has 6 nitrogen and oxygen atoms in total. The number of methoxy groups -OCH3 is 2. The molecule has 106 valence electrons. The van der Waals surface area contributed by atoms with E-state index in [1.807, 2.05) is 4.90 Å². The first-order chi connectivity index (χ1) is 9.15. The Morgan fingerprint density at radius 3 is 2.68 bits per heavy atom. The maximum absolute atomic E-state index is 11.6. The van der Waals surface area contributed by atoms with E-state index >= 15 is 0 Å². The van der Waals surface area contributed by atoms with Crippen molar-refractivity contribution in [1.29, 1.82) is 0 Å². The Kier molecular flexibility index (Phi) is 6.11. The molecule has 0 unspecified atom stereocenters. The van der Waals surface area contributed by atoms with E-state index in [9.17, 15) is 4.79 Å². The van der Waals surface area contributed by atoms with E-state index in [2.05, 4.69) is 4.74 Å². The van der Waals surface area contributed by atoms with Gasteiger partial charge in [-0.05, 0) is 12.1 Å². The monoisotopic (exact) mass is 268 g/mol. The summed E-state index contributed by atoms with van der Waals surface area (Å²) < 4.78 is 9.70. The zero-order chi connectivity index (χ0) is 14.3. The third-order valence-corrected chi connectivity index (χ3v) is 2.76. The second-order valence-corrected chi connectivity index (χ2v) is 3.93. The van der Waals surface area contributed by atoms with Crippen LogP contribution in [0.25, 0.3) is 0 Å². The molecular formula is C13H20N2O4. The largest absolute Gasteiger partial charge is 0.465 e. The first-order valence-electron chi connectivity index (χ1n) is 5.97. The molecule has 0 spiro atoms. The number of ether oxygens (including phenoxy) is 2. The molecule has 1 aromatic carbocycles. The highest BCUT2D eigenvalue weighted by molar-refractivity contribution is 5.98. The number of anilines is 2. The highest BCUT2D eigenvalue weighted by Crippen LogP contribution is 2.27. The molecular weight excluding hydrogens is 248 g/mol. The van der Waals surface area contributed by atoms with E-state index in [0.29, 0.717) is 36.6 Å². The van der Waals surface area contributed by atoms with E-state index < -0.39 is 5.97 Å². The van der Waals surface area contributed by atoms with Gasteiger partial charge in [0.2, 0.25) is 0 Å². The summed E-state index contributed by atoms with van der Waals surface area (Å²) >= 11 is 0. The van der Waals surface area contributed by atoms with E-state index in [-0.39, 0.29) is 6.61 Å². The number of para-hydroxylation sites is 1. The summed E-state index contributed by atoms with van der Waals surface area (Å²) in [4.78, 5) is 13.5. The Hall–Kier alpha value is -1.79. The molecule has 6 heteroatoms. The molecule has 0 radical (unpaired) electrons. The van der Waals surface area contributed by atoms with Gasteiger partial charge in [0.05, 0.1) is 37.3 Å². The predicted molar refractivity (Wildman–Crippen MR) is 73.4 cm³/mol. The van der Waals surface area contributed by atoms with E-state index in [0.717, 1.165) is 0 Å². The van der Waals surface area contributed by atoms with Crippen LogP contribution in [0, 0.1) is 0 Å². The van der Waals surface area contributed by atoms with Crippen LogP contribution in [0.3, 0.4) is 0 Å². The molecule has 0 heterocycles. The Balaban J connectivity index is 3.05. The average Bonchev–Trinajstić information content (AvgIpc) is 2.43. The van der Waals surface area contributed by atoms with Gasteiger partial charge >= 0.3 is 5.97 Å². The number of aliphatic hydroxyl groups excluding tert-OH is 1. The molecule has 0 saturated carbocycles. The highest BCUT2D eigenvalue weighted by Gasteiger charge is 2.16. The molecule has 0 aliphatic rings. The van der Waals surface area contributed by atoms with Gasteiger partial charge in [-0.2, -0.15) is 0 Å². The SMILES string of the molecule is COCCN(CCO)c1cccc(C(=O)OC)c1N. The van der Waals surface area contributed by atoms with Gasteiger partial charge in [-0.3, -0.25) is 0 Å². The Morgan fingerprint density at radius 1 is 1.37 bits per heavy atom. The number of nitrogen functional groups attached to an aromatic ring is 1. The molecule has 0 bridgehead atoms. The van der Waals surface area contributed by atoms with Crippen molar-refractivity contribution in [1.82, 2.24) is 0 Å². The molecule has 0 fully saturated rings. The fraction of sp³-hybridized carbons (Fsp3) is 0.462. The van der Waals surface area contributed by atoms with Crippen molar-refractivity contribution in [2.24, 2.45) is 0 Å². The fourth-order valence-electron chi connectivity index (χ4n) is 1.79. The number of carbonyl (C=O) groups is 1. The summed E-state index contributed by atoms with van der Waals surface area (Å²) in [7, 11) is 2.91. The third-order valence-electron chi connectivity index (χ3n) is 2.76. The van der Waals surface area contributed by atoms with E-state index in [1.54, 1.807) is 25.3 Å². The van der Waals surface area contributed by atoms with Crippen LogP contribution < -0.4 is 10.6 Å². The summed E-state index contributed by atoms with van der Waals surface area (Å²) in [6.45, 7) is 1.48. The van der Waals surface area contributed by atoms with Crippen molar-refractivity contribution in [2.75, 3.05) is 51.2 Å². The van der Waals surface area contributed by atoms with Gasteiger partial charge in [0.25, 0.3) is 0 Å². The quantitative estimate of drug-likeness (QED) is 0.553. The molecule has 0 aliphatic heterocycles. The summed E-state index contributed by atoms with van der Waals surface area (Å²) in [5, 5.41) is 9.10. The molecule has 19 heavy (non-hydrogen) atoms. The van der Waals surface area contributed by atoms with Crippen LogP contribution >= 0.6 is 0 Å². The normalized spacial score (nSPS) is 10.3. The van der Waals surface area contributed by atoms with E-state index in [1.165, 1.54) is 7.11 Å². The molecule has 0 saturated heterocycles. The van der Waals surface area contributed by atoms with Crippen molar-refractivity contribution < 1.29 is 19.4 Å². The van der Waals surface area contributed by atoms with Gasteiger partial charge in [0.15, 0.2) is 0 Å². The topological polar surface area (TPSA) is 85.0 Å². The summed E-state index contributed by atoms with van der Waals surface area (Å²) in [6.07, 6.45) is 0. The summed E-state index contributed by atoms with van der Waals surface area (Å²) in [5.74, 6) is -0.477. The van der Waals surface area contributed by atoms with Crippen LogP contribution in [0.4, 0.5) is 11.4 Å². The molecule has 0 aromatic heterocycles. The number of aliphatic hydroxyl groups is 1. The van der Waals surface area contributed by atoms with Gasteiger partial charge < -0.3 is 25.2 Å². The van der Waals surface area contributed by atoms with Crippen molar-refractivity contribution >= 4 is 17.3 Å². The molecule has 0 aliphatic carbocycles. The van der Waals surface area contributed by atoms with Crippen LogP contribution in [-0.2, 0) is 9.47 Å². The van der Waals surface area contributed by atoms with Gasteiger partial charge in [-0.15, -0.1) is 0 Å². The number of nitrogens with two attached hydrogens (primary N) is 1. The number of hydrogen-bond donors (Lipinski definition) is 2. The lowest BCUT2D eigenvalue weighted by atomic mass is 10.1. The lowest BCUT2D eigenvalue weighted by molar-refractivity contribution is 0.0602. The van der Waals surface area contributed by atoms with Crippen LogP contribution in [0.2, 0.25) is 0 Å². The smallest absolute Gasteiger partial charge is 0.340 e. The minimum Gasteiger partial charge on any atom is -0.465 e. The number of hydrogen-bond acceptors (Lipinski definition) is 6. The first-order valence-corrected chi connectivity index (χ1v) is 5.97. The number of esters is 1. The standard InChI is InChI=1S/C13H20N2O4/c1-18-9-7-15(6-8-16)11-5-3-4-10(12(11)14)13(17)19-2/h3-5,16H,6-9,14H2,1-2H3. The maximum Gasteiger partial charge on any atom is 0.340 e. The van der Waals surface area contributed by atoms with Crippen LogP contribution in [-0.4, -0.2) is 51.6 Å². The van der Waals surface area contributed by atoms with Crippen molar-refractivity contribution in [3.8, 4) is 0 Å². The van der Waals surface area contributed by atoms with E-state index in [4.69, 9.17) is 15.6 Å². The second kappa shape index (κ2) is 7.60. The van der Waals surface area contributed by atoms with Gasteiger partial charge in [-0.1, -0.05) is 6.07 Å². The zero-order valence-corrected chi connectivity index (χ0v) is 11.3. The fourth-order valence-corrected chi connectivity index (χ4v) is 1.79. The minimum atomic E-state index is -0.477. The first kappa shape index (κ1) is 15.3. The lowest BCUT2D eigenvalue weighted by Crippen LogP contribution is -2.31. The minimum absolute atomic E-state index is 0.00833. The number of carbonyl (C=O) groups excluding carboxylic acids is 1. The predicted octanol–water partition coefficient (Wildman–Crippen LogP) is 0.501.